The van der Waals surface area contributed by atoms with Crippen LogP contribution in [0.3, 0.4) is 0 Å². The molecule has 1 aromatic rings. The van der Waals surface area contributed by atoms with Crippen LogP contribution in [-0.4, -0.2) is 107 Å². The molecule has 0 bridgehead atoms. The van der Waals surface area contributed by atoms with E-state index in [2.05, 4.69) is 4.90 Å². The van der Waals surface area contributed by atoms with E-state index in [-0.39, 0.29) is 55.9 Å². The van der Waals surface area contributed by atoms with Gasteiger partial charge >= 0.3 is 12.1 Å². The molecule has 0 aromatic heterocycles. The van der Waals surface area contributed by atoms with Gasteiger partial charge in [0, 0.05) is 43.3 Å². The van der Waals surface area contributed by atoms with E-state index >= 15 is 0 Å². The summed E-state index contributed by atoms with van der Waals surface area (Å²) in [6.45, 7) is 12.5. The zero-order valence-corrected chi connectivity index (χ0v) is 24.5. The summed E-state index contributed by atoms with van der Waals surface area (Å²) in [7, 11) is 0. The van der Waals surface area contributed by atoms with Gasteiger partial charge in [0.05, 0.1) is 19.7 Å². The van der Waals surface area contributed by atoms with E-state index in [1.165, 1.54) is 12.1 Å². The van der Waals surface area contributed by atoms with E-state index in [1.54, 1.807) is 36.6 Å². The van der Waals surface area contributed by atoms with E-state index in [9.17, 15) is 24.3 Å². The van der Waals surface area contributed by atoms with Gasteiger partial charge in [-0.3, -0.25) is 14.5 Å². The minimum Gasteiger partial charge on any atom is -0.482 e. The summed E-state index contributed by atoms with van der Waals surface area (Å²) in [6.07, 6.45) is 1.22. The largest absolute Gasteiger partial charge is 0.482 e. The standard InChI is InChI=1S/C29H43N3O8/c1-28(2,3)39-26(36)19-38-24-8-7-20(15-21(24)18-33)23(34)16-32-14-13-31(17-25(32)35)22-9-11-30(12-10-22)27(37)40-29(4,5)6/h7-8,15,22,33H,9-14,16-19H2,1-6H3. The maximum absolute atomic E-state index is 13.0. The number of rotatable bonds is 8. The molecule has 3 rings (SSSR count). The average Bonchev–Trinajstić information content (AvgIpc) is 2.86. The van der Waals surface area contributed by atoms with Crippen LogP contribution in [0.4, 0.5) is 4.79 Å². The van der Waals surface area contributed by atoms with Gasteiger partial charge in [-0.25, -0.2) is 9.59 Å². The number of hydrogen-bond acceptors (Lipinski definition) is 9. The molecule has 2 amide bonds. The van der Waals surface area contributed by atoms with Crippen LogP contribution in [0.1, 0.15) is 70.3 Å². The predicted molar refractivity (Wildman–Crippen MR) is 147 cm³/mol. The summed E-state index contributed by atoms with van der Waals surface area (Å²) >= 11 is 0. The Kier molecular flexibility index (Phi) is 10.2. The van der Waals surface area contributed by atoms with Crippen molar-refractivity contribution in [2.45, 2.75) is 78.2 Å². The Bertz CT molecular complexity index is 1080. The lowest BCUT2D eigenvalue weighted by atomic mass is 10.0. The Hall–Kier alpha value is -3.18. The number of ketones is 1. The SMILES string of the molecule is CC(C)(C)OC(=O)COc1ccc(C(=O)CN2CCN(C3CCN(C(=O)OC(C)(C)C)CC3)CC2=O)cc1CO. The zero-order valence-electron chi connectivity index (χ0n) is 24.5. The lowest BCUT2D eigenvalue weighted by molar-refractivity contribution is -0.157. The minimum atomic E-state index is -0.640. The first-order valence-electron chi connectivity index (χ1n) is 13.8. The molecule has 2 heterocycles. The van der Waals surface area contributed by atoms with Crippen molar-refractivity contribution in [1.29, 1.82) is 0 Å². The highest BCUT2D eigenvalue weighted by molar-refractivity contribution is 6.00. The topological polar surface area (TPSA) is 126 Å². The molecule has 40 heavy (non-hydrogen) atoms. The van der Waals surface area contributed by atoms with Crippen molar-refractivity contribution in [1.82, 2.24) is 14.7 Å². The Morgan fingerprint density at radius 3 is 2.17 bits per heavy atom. The second-order valence-electron chi connectivity index (χ2n) is 12.3. The van der Waals surface area contributed by atoms with E-state index in [1.807, 2.05) is 20.8 Å². The number of ether oxygens (including phenoxy) is 3. The third kappa shape index (κ3) is 9.19. The number of nitrogens with zero attached hydrogens (tertiary/aromatic N) is 3. The van der Waals surface area contributed by atoms with Gasteiger partial charge < -0.3 is 29.1 Å². The number of piperidine rings is 1. The van der Waals surface area contributed by atoms with Gasteiger partial charge in [-0.05, 0) is 72.6 Å². The maximum Gasteiger partial charge on any atom is 0.410 e. The first-order chi connectivity index (χ1) is 18.6. The molecule has 0 unspecified atom stereocenters. The Balaban J connectivity index is 1.49. The van der Waals surface area contributed by atoms with Crippen molar-refractivity contribution >= 4 is 23.8 Å². The fraction of sp³-hybridized carbons (Fsp3) is 0.655. The number of Topliss-reactive ketones (excluding diaryl/α,β-unsaturated/α-hetero) is 1. The Morgan fingerprint density at radius 2 is 1.60 bits per heavy atom. The molecule has 2 fully saturated rings. The quantitative estimate of drug-likeness (QED) is 0.377. The Morgan fingerprint density at radius 1 is 0.950 bits per heavy atom. The van der Waals surface area contributed by atoms with Crippen LogP contribution in [0.25, 0.3) is 0 Å². The summed E-state index contributed by atoms with van der Waals surface area (Å²) < 4.78 is 16.2. The van der Waals surface area contributed by atoms with Crippen LogP contribution < -0.4 is 4.74 Å². The normalized spacial score (nSPS) is 17.5. The van der Waals surface area contributed by atoms with Gasteiger partial charge in [-0.15, -0.1) is 0 Å². The fourth-order valence-corrected chi connectivity index (χ4v) is 4.74. The predicted octanol–water partition coefficient (Wildman–Crippen LogP) is 2.63. The summed E-state index contributed by atoms with van der Waals surface area (Å²) in [6, 6.07) is 4.81. The molecule has 0 radical (unpaired) electrons. The molecule has 222 valence electrons. The fourth-order valence-electron chi connectivity index (χ4n) is 4.74. The molecule has 11 nitrogen and oxygen atoms in total. The summed E-state index contributed by atoms with van der Waals surface area (Å²) in [5, 5.41) is 9.78. The molecule has 2 saturated heterocycles. The molecule has 0 aliphatic carbocycles. The van der Waals surface area contributed by atoms with Crippen LogP contribution in [0.2, 0.25) is 0 Å². The van der Waals surface area contributed by atoms with Crippen LogP contribution in [0.15, 0.2) is 18.2 Å². The number of amides is 2. The summed E-state index contributed by atoms with van der Waals surface area (Å²) in [5.74, 6) is -0.621. The van der Waals surface area contributed by atoms with Gasteiger partial charge in [0.2, 0.25) is 5.91 Å². The molecule has 2 aliphatic rings. The smallest absolute Gasteiger partial charge is 0.410 e. The number of aliphatic hydroxyl groups is 1. The number of piperazine rings is 1. The monoisotopic (exact) mass is 561 g/mol. The van der Waals surface area contributed by atoms with Crippen molar-refractivity contribution in [3.05, 3.63) is 29.3 Å². The number of likely N-dealkylation sites (tertiary alicyclic amines) is 1. The number of hydrogen-bond donors (Lipinski definition) is 1. The lowest BCUT2D eigenvalue weighted by Crippen LogP contribution is -2.56. The molecule has 2 aliphatic heterocycles. The highest BCUT2D eigenvalue weighted by Gasteiger charge is 2.34. The third-order valence-corrected chi connectivity index (χ3v) is 6.63. The van der Waals surface area contributed by atoms with E-state index in [0.717, 1.165) is 12.8 Å². The molecule has 0 atom stereocenters. The van der Waals surface area contributed by atoms with Crippen LogP contribution in [0.5, 0.6) is 5.75 Å². The molecule has 11 heteroatoms. The highest BCUT2D eigenvalue weighted by Crippen LogP contribution is 2.23. The van der Waals surface area contributed by atoms with Crippen molar-refractivity contribution in [2.75, 3.05) is 45.9 Å². The van der Waals surface area contributed by atoms with Crippen molar-refractivity contribution in [2.24, 2.45) is 0 Å². The first-order valence-corrected chi connectivity index (χ1v) is 13.8. The number of carbonyl (C=O) groups excluding carboxylic acids is 4. The Labute approximate surface area is 236 Å². The van der Waals surface area contributed by atoms with Crippen molar-refractivity contribution in [3.8, 4) is 5.75 Å². The second kappa shape index (κ2) is 13.0. The number of benzene rings is 1. The third-order valence-electron chi connectivity index (χ3n) is 6.63. The highest BCUT2D eigenvalue weighted by atomic mass is 16.6. The molecule has 0 saturated carbocycles. The minimum absolute atomic E-state index is 0.0628. The molecular formula is C29H43N3O8. The van der Waals surface area contributed by atoms with Crippen molar-refractivity contribution in [3.63, 3.8) is 0 Å². The van der Waals surface area contributed by atoms with E-state index in [4.69, 9.17) is 14.2 Å². The zero-order chi connectivity index (χ0) is 29.7. The van der Waals surface area contributed by atoms with E-state index < -0.39 is 17.2 Å². The number of esters is 1. The van der Waals surface area contributed by atoms with Gasteiger partial charge in [0.1, 0.15) is 17.0 Å². The van der Waals surface area contributed by atoms with Gasteiger partial charge in [-0.1, -0.05) is 0 Å². The molecule has 1 N–H and O–H groups in total. The number of carbonyl (C=O) groups is 4. The van der Waals surface area contributed by atoms with Gasteiger partial charge in [0.15, 0.2) is 12.4 Å². The van der Waals surface area contributed by atoms with Crippen LogP contribution >= 0.6 is 0 Å². The van der Waals surface area contributed by atoms with Gasteiger partial charge in [-0.2, -0.15) is 0 Å². The molecule has 1 aromatic carbocycles. The maximum atomic E-state index is 13.0. The van der Waals surface area contributed by atoms with Gasteiger partial charge in [0.25, 0.3) is 0 Å². The van der Waals surface area contributed by atoms with Crippen molar-refractivity contribution < 1.29 is 38.5 Å². The molecule has 0 spiro atoms. The number of aliphatic hydroxyl groups excluding tert-OH is 1. The lowest BCUT2D eigenvalue weighted by Gasteiger charge is -2.42. The second-order valence-corrected chi connectivity index (χ2v) is 12.3. The van der Waals surface area contributed by atoms with Crippen LogP contribution in [0, 0.1) is 0 Å². The summed E-state index contributed by atoms with van der Waals surface area (Å²) in [4.78, 5) is 55.6. The van der Waals surface area contributed by atoms with E-state index in [0.29, 0.717) is 37.3 Å². The first kappa shape index (κ1) is 31.3. The average molecular weight is 562 g/mol. The van der Waals surface area contributed by atoms with Crippen LogP contribution in [-0.2, 0) is 25.7 Å². The summed E-state index contributed by atoms with van der Waals surface area (Å²) in [5.41, 5.74) is -0.466. The molecular weight excluding hydrogens is 518 g/mol.